The van der Waals surface area contributed by atoms with E-state index in [0.29, 0.717) is 48.9 Å². The highest BCUT2D eigenvalue weighted by Crippen LogP contribution is 2.40. The number of ketones is 1. The normalized spacial score (nSPS) is 21.0. The third-order valence-corrected chi connectivity index (χ3v) is 6.42. The van der Waals surface area contributed by atoms with Gasteiger partial charge in [-0.15, -0.1) is 0 Å². The molecule has 1 atom stereocenters. The van der Waals surface area contributed by atoms with E-state index in [0.717, 1.165) is 13.1 Å². The zero-order valence-electron chi connectivity index (χ0n) is 18.8. The highest BCUT2D eigenvalue weighted by Gasteiger charge is 2.46. The second kappa shape index (κ2) is 8.92. The zero-order chi connectivity index (χ0) is 23.8. The molecule has 176 valence electrons. The van der Waals surface area contributed by atoms with Crippen molar-refractivity contribution >= 4 is 23.1 Å². The van der Waals surface area contributed by atoms with E-state index in [-0.39, 0.29) is 17.1 Å². The van der Waals surface area contributed by atoms with Crippen molar-refractivity contribution in [1.82, 2.24) is 19.2 Å². The number of aliphatic hydroxyl groups is 1. The first-order valence-corrected chi connectivity index (χ1v) is 11.3. The van der Waals surface area contributed by atoms with Crippen molar-refractivity contribution in [2.75, 3.05) is 39.4 Å². The van der Waals surface area contributed by atoms with Crippen molar-refractivity contribution < 1.29 is 24.5 Å². The number of amides is 1. The van der Waals surface area contributed by atoms with Crippen LogP contribution in [0.2, 0.25) is 0 Å². The van der Waals surface area contributed by atoms with E-state index in [2.05, 4.69) is 9.88 Å². The van der Waals surface area contributed by atoms with Gasteiger partial charge in [-0.05, 0) is 36.8 Å². The summed E-state index contributed by atoms with van der Waals surface area (Å²) in [4.78, 5) is 34.6. The van der Waals surface area contributed by atoms with Gasteiger partial charge in [-0.3, -0.25) is 18.9 Å². The number of ether oxygens (including phenoxy) is 1. The van der Waals surface area contributed by atoms with Crippen LogP contribution >= 0.6 is 0 Å². The lowest BCUT2D eigenvalue weighted by atomic mass is 9.96. The molecule has 34 heavy (non-hydrogen) atoms. The van der Waals surface area contributed by atoms with E-state index < -0.39 is 17.7 Å². The second-order valence-electron chi connectivity index (χ2n) is 8.52. The number of carbonyl (C=O) groups excluding carboxylic acids is 2. The van der Waals surface area contributed by atoms with Gasteiger partial charge < -0.3 is 19.8 Å². The monoisotopic (exact) mass is 462 g/mol. The van der Waals surface area contributed by atoms with Crippen LogP contribution in [0.15, 0.2) is 54.2 Å². The lowest BCUT2D eigenvalue weighted by Gasteiger charge is -2.31. The van der Waals surface area contributed by atoms with Gasteiger partial charge in [-0.1, -0.05) is 18.2 Å². The Labute approximate surface area is 196 Å². The number of fused-ring (bicyclic) bond motifs is 1. The molecule has 2 aliphatic rings. The van der Waals surface area contributed by atoms with Crippen LogP contribution in [0.4, 0.5) is 0 Å². The standard InChI is InChI=1S/C25H26N4O5/c1-16-21(28-8-3-2-7-19(28)26-16)23(31)20-22(17-5-4-6-18(30)15-17)29(25(33)24(20)32)10-9-27-11-13-34-14-12-27/h2-8,15,22,30-31H,9-14H2,1H3/b23-20+. The number of nitrogens with zero attached hydrogens (tertiary/aromatic N) is 4. The van der Waals surface area contributed by atoms with Gasteiger partial charge in [-0.25, -0.2) is 4.98 Å². The molecule has 9 heteroatoms. The number of benzene rings is 1. The lowest BCUT2D eigenvalue weighted by molar-refractivity contribution is -0.140. The number of morpholine rings is 1. The number of aryl methyl sites for hydroxylation is 1. The van der Waals surface area contributed by atoms with E-state index in [1.54, 1.807) is 41.8 Å². The molecule has 9 nitrogen and oxygen atoms in total. The van der Waals surface area contributed by atoms with Crippen molar-refractivity contribution in [2.24, 2.45) is 0 Å². The number of pyridine rings is 1. The molecule has 0 spiro atoms. The van der Waals surface area contributed by atoms with Crippen molar-refractivity contribution in [3.05, 3.63) is 71.2 Å². The number of hydrogen-bond acceptors (Lipinski definition) is 7. The van der Waals surface area contributed by atoms with Crippen molar-refractivity contribution in [2.45, 2.75) is 13.0 Å². The molecule has 2 N–H and O–H groups in total. The minimum Gasteiger partial charge on any atom is -0.508 e. The quantitative estimate of drug-likeness (QED) is 0.340. The summed E-state index contributed by atoms with van der Waals surface area (Å²) in [5.74, 6) is -1.69. The molecule has 0 bridgehead atoms. The smallest absolute Gasteiger partial charge is 0.295 e. The summed E-state index contributed by atoms with van der Waals surface area (Å²) in [6.07, 6.45) is 1.75. The lowest BCUT2D eigenvalue weighted by Crippen LogP contribution is -2.42. The zero-order valence-corrected chi connectivity index (χ0v) is 18.8. The van der Waals surface area contributed by atoms with Gasteiger partial charge in [0, 0.05) is 32.4 Å². The van der Waals surface area contributed by atoms with Gasteiger partial charge in [0.05, 0.1) is 30.5 Å². The Morgan fingerprint density at radius 3 is 2.68 bits per heavy atom. The topological polar surface area (TPSA) is 108 Å². The molecule has 3 aromatic rings. The van der Waals surface area contributed by atoms with E-state index in [9.17, 15) is 19.8 Å². The minimum absolute atomic E-state index is 0.00803. The Morgan fingerprint density at radius 2 is 1.91 bits per heavy atom. The predicted molar refractivity (Wildman–Crippen MR) is 124 cm³/mol. The van der Waals surface area contributed by atoms with Crippen LogP contribution in [0, 0.1) is 6.92 Å². The summed E-state index contributed by atoms with van der Waals surface area (Å²) in [6.45, 7) is 5.38. The Morgan fingerprint density at radius 1 is 1.12 bits per heavy atom. The van der Waals surface area contributed by atoms with Crippen LogP contribution in [0.5, 0.6) is 5.75 Å². The molecule has 2 fully saturated rings. The Balaban J connectivity index is 1.61. The summed E-state index contributed by atoms with van der Waals surface area (Å²) in [6, 6.07) is 11.1. The number of aromatic hydroxyl groups is 1. The molecule has 4 heterocycles. The first kappa shape index (κ1) is 22.1. The summed E-state index contributed by atoms with van der Waals surface area (Å²) in [5, 5.41) is 21.6. The molecule has 2 saturated heterocycles. The number of Topliss-reactive ketones (excluding diaryl/α,β-unsaturated/α-hetero) is 1. The van der Waals surface area contributed by atoms with Gasteiger partial charge in [0.25, 0.3) is 11.7 Å². The van der Waals surface area contributed by atoms with Crippen molar-refractivity contribution in [1.29, 1.82) is 0 Å². The number of rotatable bonds is 5. The Hall–Kier alpha value is -3.69. The summed E-state index contributed by atoms with van der Waals surface area (Å²) in [5.41, 5.74) is 2.07. The van der Waals surface area contributed by atoms with Crippen LogP contribution in [-0.2, 0) is 14.3 Å². The molecule has 5 rings (SSSR count). The molecule has 2 aromatic heterocycles. The fourth-order valence-corrected chi connectivity index (χ4v) is 4.75. The number of aromatic nitrogens is 2. The molecule has 2 aliphatic heterocycles. The first-order valence-electron chi connectivity index (χ1n) is 11.3. The summed E-state index contributed by atoms with van der Waals surface area (Å²) < 4.78 is 7.10. The summed E-state index contributed by atoms with van der Waals surface area (Å²) in [7, 11) is 0. The number of hydrogen-bond donors (Lipinski definition) is 2. The third-order valence-electron chi connectivity index (χ3n) is 6.42. The Kier molecular flexibility index (Phi) is 5.80. The number of carbonyl (C=O) groups is 2. The predicted octanol–water partition coefficient (Wildman–Crippen LogP) is 2.10. The average molecular weight is 463 g/mol. The maximum atomic E-state index is 13.3. The van der Waals surface area contributed by atoms with E-state index in [1.807, 2.05) is 6.07 Å². The highest BCUT2D eigenvalue weighted by molar-refractivity contribution is 6.46. The fraction of sp³-hybridized carbons (Fsp3) is 0.320. The molecular weight excluding hydrogens is 436 g/mol. The largest absolute Gasteiger partial charge is 0.508 e. The Bertz CT molecular complexity index is 1290. The minimum atomic E-state index is -0.832. The number of phenolic OH excluding ortho intramolecular Hbond substituents is 1. The van der Waals surface area contributed by atoms with Crippen LogP contribution in [-0.4, -0.2) is 80.5 Å². The van der Waals surface area contributed by atoms with Crippen molar-refractivity contribution in [3.63, 3.8) is 0 Å². The maximum absolute atomic E-state index is 13.3. The summed E-state index contributed by atoms with van der Waals surface area (Å²) >= 11 is 0. The number of aliphatic hydroxyl groups excluding tert-OH is 1. The highest BCUT2D eigenvalue weighted by atomic mass is 16.5. The van der Waals surface area contributed by atoms with E-state index in [1.165, 1.54) is 17.0 Å². The fourth-order valence-electron chi connectivity index (χ4n) is 4.75. The molecule has 1 amide bonds. The molecule has 0 aliphatic carbocycles. The molecular formula is C25H26N4O5. The molecule has 0 radical (unpaired) electrons. The first-order chi connectivity index (χ1) is 16.5. The number of phenols is 1. The van der Waals surface area contributed by atoms with Crippen LogP contribution in [0.3, 0.4) is 0 Å². The van der Waals surface area contributed by atoms with Gasteiger partial charge in [-0.2, -0.15) is 0 Å². The SMILES string of the molecule is Cc1nc2ccccn2c1/C(O)=C1\C(=O)C(=O)N(CCN2CCOCC2)C1c1cccc(O)c1. The van der Waals surface area contributed by atoms with Crippen LogP contribution in [0.25, 0.3) is 11.4 Å². The third kappa shape index (κ3) is 3.82. The molecule has 1 aromatic carbocycles. The van der Waals surface area contributed by atoms with Crippen LogP contribution in [0.1, 0.15) is 23.0 Å². The van der Waals surface area contributed by atoms with Crippen LogP contribution < -0.4 is 0 Å². The van der Waals surface area contributed by atoms with Gasteiger partial charge >= 0.3 is 0 Å². The molecule has 0 saturated carbocycles. The molecule has 1 unspecified atom stereocenters. The van der Waals surface area contributed by atoms with Gasteiger partial charge in [0.1, 0.15) is 17.1 Å². The van der Waals surface area contributed by atoms with Gasteiger partial charge in [0.15, 0.2) is 5.76 Å². The second-order valence-corrected chi connectivity index (χ2v) is 8.52. The number of imidazole rings is 1. The van der Waals surface area contributed by atoms with Crippen molar-refractivity contribution in [3.8, 4) is 5.75 Å². The van der Waals surface area contributed by atoms with Gasteiger partial charge in [0.2, 0.25) is 0 Å². The average Bonchev–Trinajstić information content (AvgIpc) is 3.31. The van der Waals surface area contributed by atoms with E-state index in [4.69, 9.17) is 4.74 Å². The maximum Gasteiger partial charge on any atom is 0.295 e. The number of likely N-dealkylation sites (tertiary alicyclic amines) is 1. The van der Waals surface area contributed by atoms with E-state index >= 15 is 0 Å².